The molecule has 12 rings (SSSR count). The van der Waals surface area contributed by atoms with Crippen LogP contribution in [0.25, 0.3) is 33.4 Å². The third-order valence-corrected chi connectivity index (χ3v) is 20.2. The lowest BCUT2D eigenvalue weighted by Crippen LogP contribution is -2.62. The lowest BCUT2D eigenvalue weighted by atomic mass is 9.86. The molecule has 1 unspecified atom stereocenters. The highest BCUT2D eigenvalue weighted by Crippen LogP contribution is 2.49. The Kier molecular flexibility index (Phi) is 15.0. The summed E-state index contributed by atoms with van der Waals surface area (Å²) in [6.45, 7) is 15.6. The number of hydrogen-bond acceptors (Lipinski definition) is 14. The van der Waals surface area contributed by atoms with E-state index in [9.17, 15) is 9.59 Å². The van der Waals surface area contributed by atoms with Crippen LogP contribution in [0, 0.1) is 28.5 Å². The number of anilines is 1. The Hall–Kier alpha value is -5.05. The van der Waals surface area contributed by atoms with Crippen molar-refractivity contribution in [1.82, 2.24) is 49.9 Å². The van der Waals surface area contributed by atoms with Crippen LogP contribution in [-0.4, -0.2) is 180 Å². The second kappa shape index (κ2) is 21.7. The number of aromatic nitrogens is 3. The van der Waals surface area contributed by atoms with Crippen LogP contribution < -0.4 is 15.6 Å². The fourth-order valence-electron chi connectivity index (χ4n) is 14.6. The number of esters is 1. The van der Waals surface area contributed by atoms with Gasteiger partial charge < -0.3 is 34.1 Å². The number of ether oxygens (including phenoxy) is 2. The van der Waals surface area contributed by atoms with Crippen LogP contribution in [0.1, 0.15) is 114 Å². The number of hydrazine groups is 1. The maximum absolute atomic E-state index is 17.1. The number of amides is 3. The Bertz CT molecular complexity index is 2980. The molecule has 8 aliphatic rings. The van der Waals surface area contributed by atoms with Gasteiger partial charge in [-0.25, -0.2) is 14.8 Å². The minimum atomic E-state index is -1.03. The highest BCUT2D eigenvalue weighted by atomic mass is 32.1. The van der Waals surface area contributed by atoms with Gasteiger partial charge in [0, 0.05) is 117 Å². The lowest BCUT2D eigenvalue weighted by molar-refractivity contribution is -0.155. The molecule has 19 heteroatoms. The molecule has 5 saturated heterocycles. The molecule has 8 atom stereocenters. The summed E-state index contributed by atoms with van der Waals surface area (Å²) >= 11 is 1.35. The molecule has 6 aliphatic heterocycles. The average molecular weight is 1100 g/mol. The zero-order valence-corrected chi connectivity index (χ0v) is 48.3. The van der Waals surface area contributed by atoms with E-state index in [-0.39, 0.29) is 54.2 Å². The van der Waals surface area contributed by atoms with Gasteiger partial charge in [-0.1, -0.05) is 33.6 Å². The van der Waals surface area contributed by atoms with Crippen molar-refractivity contribution in [2.75, 3.05) is 91.6 Å². The van der Waals surface area contributed by atoms with Crippen molar-refractivity contribution < 1.29 is 33.0 Å². The van der Waals surface area contributed by atoms with Gasteiger partial charge in [0.1, 0.15) is 23.9 Å². The minimum Gasteiger partial charge on any atom is -0.464 e. The average Bonchev–Trinajstić information content (AvgIpc) is 4.16. The van der Waals surface area contributed by atoms with E-state index in [1.54, 1.807) is 13.2 Å². The van der Waals surface area contributed by atoms with E-state index in [4.69, 9.17) is 19.4 Å². The van der Waals surface area contributed by atoms with Crippen molar-refractivity contribution in [3.05, 3.63) is 51.9 Å². The van der Waals surface area contributed by atoms with E-state index in [0.717, 1.165) is 130 Å². The van der Waals surface area contributed by atoms with Crippen LogP contribution in [0.15, 0.2) is 29.8 Å². The van der Waals surface area contributed by atoms with Crippen molar-refractivity contribution in [2.45, 2.75) is 148 Å². The first-order valence-electron chi connectivity index (χ1n) is 29.6. The zero-order valence-electron chi connectivity index (χ0n) is 47.5. The number of nitrogens with zero attached hydrogens (tertiary/aromatic N) is 9. The number of pyridine rings is 1. The number of likely N-dealkylation sites (tertiary alicyclic amines) is 2. The number of piperazine rings is 1. The van der Waals surface area contributed by atoms with Gasteiger partial charge in [0.2, 0.25) is 11.8 Å². The maximum Gasteiger partial charge on any atom is 0.324 e. The van der Waals surface area contributed by atoms with Gasteiger partial charge in [-0.05, 0) is 121 Å². The van der Waals surface area contributed by atoms with Crippen LogP contribution >= 0.6 is 11.3 Å². The molecule has 9 heterocycles. The molecule has 2 saturated carbocycles. The Morgan fingerprint density at radius 1 is 0.949 bits per heavy atom. The molecule has 6 bridgehead atoms. The molecule has 1 spiro atoms. The molecule has 3 amide bonds. The number of hydrogen-bond donors (Lipinski definition) is 2. The number of likely N-dealkylation sites (N-methyl/N-ethyl adjacent to an activating group) is 2. The molecule has 2 N–H and O–H groups in total. The summed E-state index contributed by atoms with van der Waals surface area (Å²) in [5.74, 6) is -0.343. The summed E-state index contributed by atoms with van der Waals surface area (Å²) in [4.78, 5) is 80.0. The normalized spacial score (nSPS) is 28.9. The van der Waals surface area contributed by atoms with Crippen molar-refractivity contribution in [1.29, 1.82) is 0 Å². The SMILES string of the molecule is CCc1c(-c2cc(N3CCN(C)CC3)cnc2[C@H](C)OC)n2c3cc(c(F)cc13)-c1csc(n1)C[C@H](NC(=O)[C@H](C1CCCC1)N1CC[C@]3(CCN(C(=O)[C@H]4[C@@H](C5CC5)N4C)C3)C1)C(=O)N1CCC[C@H](N1)C(=O)OCC(C)(C)C2. The summed E-state index contributed by atoms with van der Waals surface area (Å²) < 4.78 is 31.6. The molecular formula is C60H82FN11O6S. The highest BCUT2D eigenvalue weighted by Gasteiger charge is 2.59. The standard InChI is InChI=1S/C60H82FN11O6S/c1-8-40-41-27-44(61)42-28-48(41)71(53(40)43-26-39(30-62-50(43)36(2)77-7)68-24-22-66(5)23-25-68)32-59(3,4)35-78-58(76)45-14-11-19-72(65-45)56(74)46(29-49-63-47(42)31-79-49)64-55(73)52(37-12-9-10-13-37)69-20-17-60(33-69)18-21-70(34-60)57(75)54-51(67(54)6)38-15-16-38/h26-28,30-31,36-38,45-46,51-52,54,65H,8-25,29,32-35H2,1-7H3,(H,64,73)/t36-,45-,46-,51+,52-,54+,60-,67?/m0/s1. The molecule has 2 aliphatic carbocycles. The molecular weight excluding hydrogens is 1020 g/mol. The third kappa shape index (κ3) is 10.6. The summed E-state index contributed by atoms with van der Waals surface area (Å²) in [5.41, 5.74) is 8.76. The molecule has 426 valence electrons. The lowest BCUT2D eigenvalue weighted by Gasteiger charge is -2.37. The van der Waals surface area contributed by atoms with E-state index < -0.39 is 35.3 Å². The second-order valence-corrected chi connectivity index (χ2v) is 26.5. The van der Waals surface area contributed by atoms with Crippen molar-refractivity contribution in [3.8, 4) is 22.5 Å². The fraction of sp³-hybridized carbons (Fsp3) is 0.667. The number of methoxy groups -OCH3 is 1. The smallest absolute Gasteiger partial charge is 0.324 e. The molecule has 4 aromatic rings. The van der Waals surface area contributed by atoms with Crippen molar-refractivity contribution in [2.24, 2.45) is 22.7 Å². The molecule has 79 heavy (non-hydrogen) atoms. The quantitative estimate of drug-likeness (QED) is 0.121. The van der Waals surface area contributed by atoms with Crippen molar-refractivity contribution >= 4 is 51.6 Å². The Labute approximate surface area is 468 Å². The molecule has 7 fully saturated rings. The Balaban J connectivity index is 0.881. The van der Waals surface area contributed by atoms with E-state index >= 15 is 14.0 Å². The fourth-order valence-corrected chi connectivity index (χ4v) is 15.4. The van der Waals surface area contributed by atoms with Crippen LogP contribution in [-0.2, 0) is 48.0 Å². The summed E-state index contributed by atoms with van der Waals surface area (Å²) in [6.07, 6.45) is 11.6. The van der Waals surface area contributed by atoms with E-state index in [0.29, 0.717) is 60.6 Å². The van der Waals surface area contributed by atoms with Crippen LogP contribution in [0.5, 0.6) is 0 Å². The summed E-state index contributed by atoms with van der Waals surface area (Å²) in [6, 6.07) is 3.91. The van der Waals surface area contributed by atoms with E-state index in [2.05, 4.69) is 80.7 Å². The topological polar surface area (TPSA) is 161 Å². The van der Waals surface area contributed by atoms with Crippen LogP contribution in [0.2, 0.25) is 0 Å². The predicted molar refractivity (Wildman–Crippen MR) is 303 cm³/mol. The third-order valence-electron chi connectivity index (χ3n) is 19.4. The van der Waals surface area contributed by atoms with Gasteiger partial charge in [0.15, 0.2) is 0 Å². The summed E-state index contributed by atoms with van der Waals surface area (Å²) in [7, 11) is 5.92. The maximum atomic E-state index is 17.1. The first-order valence-corrected chi connectivity index (χ1v) is 30.5. The number of nitrogens with one attached hydrogen (secondary N) is 2. The molecule has 1 aromatic carbocycles. The Morgan fingerprint density at radius 2 is 1.72 bits per heavy atom. The highest BCUT2D eigenvalue weighted by molar-refractivity contribution is 7.10. The van der Waals surface area contributed by atoms with Crippen LogP contribution in [0.3, 0.4) is 0 Å². The zero-order chi connectivity index (χ0) is 55.1. The van der Waals surface area contributed by atoms with E-state index in [1.165, 1.54) is 29.2 Å². The Morgan fingerprint density at radius 3 is 2.47 bits per heavy atom. The van der Waals surface area contributed by atoms with Gasteiger partial charge in [-0.2, -0.15) is 0 Å². The largest absolute Gasteiger partial charge is 0.464 e. The summed E-state index contributed by atoms with van der Waals surface area (Å²) in [5, 5.41) is 8.01. The number of aryl methyl sites for hydroxylation is 1. The number of rotatable bonds is 11. The minimum absolute atomic E-state index is 0.00439. The van der Waals surface area contributed by atoms with Gasteiger partial charge in [-0.15, -0.1) is 11.3 Å². The first kappa shape index (κ1) is 54.5. The van der Waals surface area contributed by atoms with E-state index in [1.807, 2.05) is 24.6 Å². The van der Waals surface area contributed by atoms with Gasteiger partial charge >= 0.3 is 5.97 Å². The number of benzene rings is 1. The van der Waals surface area contributed by atoms with Gasteiger partial charge in [0.05, 0.1) is 52.7 Å². The molecule has 17 nitrogen and oxygen atoms in total. The van der Waals surface area contributed by atoms with Crippen molar-refractivity contribution in [3.63, 3.8) is 0 Å². The molecule has 3 aromatic heterocycles. The van der Waals surface area contributed by atoms with Gasteiger partial charge in [0.25, 0.3) is 5.91 Å². The monoisotopic (exact) mass is 1100 g/mol. The number of carbonyl (C=O) groups is 4. The number of fused-ring (bicyclic) bond motifs is 6. The number of thiazole rings is 1. The molecule has 0 radical (unpaired) electrons. The number of carbonyl (C=O) groups excluding carboxylic acids is 4. The number of halogens is 1. The second-order valence-electron chi connectivity index (χ2n) is 25.5. The van der Waals surface area contributed by atoms with Crippen LogP contribution in [0.4, 0.5) is 10.1 Å². The predicted octanol–water partition coefficient (Wildman–Crippen LogP) is 6.67. The van der Waals surface area contributed by atoms with Gasteiger partial charge in [-0.3, -0.25) is 39.0 Å². The first-order chi connectivity index (χ1) is 38.0. The number of cyclic esters (lactones) is 1.